The van der Waals surface area contributed by atoms with E-state index >= 15 is 0 Å². The fraction of sp³-hybridized carbons (Fsp3) is 0.250. The molecule has 0 aromatic carbocycles. The van der Waals surface area contributed by atoms with Crippen molar-refractivity contribution >= 4 is 5.97 Å². The van der Waals surface area contributed by atoms with Crippen molar-refractivity contribution in [1.82, 2.24) is 0 Å². The Morgan fingerprint density at radius 1 is 1.47 bits per heavy atom. The number of nitriles is 1. The standard InChI is InChI=1S/C8H6F3NO3/c1-15-7(14)5(4-12)2-3-6(13)8(9,10)11/h2-3,13H,1H3. The first-order valence-electron chi connectivity index (χ1n) is 3.49. The van der Waals surface area contributed by atoms with Crippen molar-refractivity contribution < 1.29 is 27.8 Å². The Balaban J connectivity index is 4.92. The number of carbonyl (C=O) groups is 1. The summed E-state index contributed by atoms with van der Waals surface area (Å²) in [6, 6.07) is 1.32. The Kier molecular flexibility index (Phi) is 4.38. The normalized spacial score (nSPS) is 13.3. The molecule has 0 aliphatic heterocycles. The third kappa shape index (κ3) is 4.17. The highest BCUT2D eigenvalue weighted by Gasteiger charge is 2.33. The van der Waals surface area contributed by atoms with E-state index in [0.717, 1.165) is 7.11 Å². The van der Waals surface area contributed by atoms with Gasteiger partial charge in [-0.05, 0) is 12.2 Å². The van der Waals surface area contributed by atoms with E-state index in [1.54, 1.807) is 0 Å². The molecule has 0 aromatic rings. The monoisotopic (exact) mass is 221 g/mol. The highest BCUT2D eigenvalue weighted by atomic mass is 19.4. The Morgan fingerprint density at radius 3 is 2.33 bits per heavy atom. The van der Waals surface area contributed by atoms with Gasteiger partial charge in [0.1, 0.15) is 11.6 Å². The first-order valence-corrected chi connectivity index (χ1v) is 3.49. The molecule has 0 heterocycles. The van der Waals surface area contributed by atoms with Crippen molar-refractivity contribution in [2.24, 2.45) is 0 Å². The smallest absolute Gasteiger partial charge is 0.448 e. The average molecular weight is 221 g/mol. The van der Waals surface area contributed by atoms with Gasteiger partial charge in [0.25, 0.3) is 0 Å². The number of hydrogen-bond acceptors (Lipinski definition) is 4. The van der Waals surface area contributed by atoms with Gasteiger partial charge in [-0.2, -0.15) is 18.4 Å². The van der Waals surface area contributed by atoms with Crippen LogP contribution in [0.5, 0.6) is 0 Å². The summed E-state index contributed by atoms with van der Waals surface area (Å²) in [4.78, 5) is 10.7. The molecule has 0 atom stereocenters. The third-order valence-corrected chi connectivity index (χ3v) is 1.22. The number of aliphatic hydroxyl groups excluding tert-OH is 1. The quantitative estimate of drug-likeness (QED) is 0.253. The molecular formula is C8H6F3NO3. The van der Waals surface area contributed by atoms with Gasteiger partial charge >= 0.3 is 12.1 Å². The average Bonchev–Trinajstić information content (AvgIpc) is 2.16. The molecule has 0 unspecified atom stereocenters. The molecular weight excluding hydrogens is 215 g/mol. The summed E-state index contributed by atoms with van der Waals surface area (Å²) in [6.45, 7) is 0. The second-order valence-electron chi connectivity index (χ2n) is 2.23. The van der Waals surface area contributed by atoms with E-state index in [-0.39, 0.29) is 6.08 Å². The molecule has 0 aromatic heterocycles. The molecule has 0 amide bonds. The van der Waals surface area contributed by atoms with Crippen LogP contribution in [-0.4, -0.2) is 24.4 Å². The van der Waals surface area contributed by atoms with Gasteiger partial charge in [-0.3, -0.25) is 0 Å². The zero-order chi connectivity index (χ0) is 12.1. The first-order chi connectivity index (χ1) is 6.82. The van der Waals surface area contributed by atoms with Gasteiger partial charge in [0.05, 0.1) is 7.11 Å². The Hall–Kier alpha value is -1.97. The summed E-state index contributed by atoms with van der Waals surface area (Å²) in [5.74, 6) is -2.98. The van der Waals surface area contributed by atoms with E-state index < -0.39 is 23.5 Å². The summed E-state index contributed by atoms with van der Waals surface area (Å²) in [5, 5.41) is 16.7. The fourth-order valence-electron chi connectivity index (χ4n) is 0.518. The van der Waals surface area contributed by atoms with Crippen molar-refractivity contribution in [3.05, 3.63) is 23.5 Å². The number of allylic oxidation sites excluding steroid dienone is 3. The second kappa shape index (κ2) is 5.05. The molecule has 0 rings (SSSR count). The Morgan fingerprint density at radius 2 is 2.00 bits per heavy atom. The lowest BCUT2D eigenvalue weighted by Crippen LogP contribution is -2.11. The SMILES string of the molecule is COC(=O)C(C#N)=CC=C(O)C(F)(F)F. The van der Waals surface area contributed by atoms with Crippen LogP contribution in [0.4, 0.5) is 13.2 Å². The lowest BCUT2D eigenvalue weighted by molar-refractivity contribution is -0.135. The molecule has 0 bridgehead atoms. The number of carbonyl (C=O) groups excluding carboxylic acids is 1. The maximum absolute atomic E-state index is 11.7. The molecule has 4 nitrogen and oxygen atoms in total. The third-order valence-electron chi connectivity index (χ3n) is 1.22. The summed E-state index contributed by atoms with van der Waals surface area (Å²) < 4.78 is 39.3. The van der Waals surface area contributed by atoms with Crippen LogP contribution in [0.2, 0.25) is 0 Å². The highest BCUT2D eigenvalue weighted by Crippen LogP contribution is 2.23. The van der Waals surface area contributed by atoms with E-state index in [0.29, 0.717) is 6.08 Å². The number of alkyl halides is 3. The van der Waals surface area contributed by atoms with Gasteiger partial charge in [0, 0.05) is 0 Å². The van der Waals surface area contributed by atoms with Crippen LogP contribution in [0, 0.1) is 11.3 Å². The largest absolute Gasteiger partial charge is 0.504 e. The maximum atomic E-state index is 11.7. The summed E-state index contributed by atoms with van der Waals surface area (Å²) in [6.07, 6.45) is -4.18. The molecule has 15 heavy (non-hydrogen) atoms. The number of methoxy groups -OCH3 is 1. The minimum Gasteiger partial charge on any atom is -0.504 e. The predicted molar refractivity (Wildman–Crippen MR) is 42.5 cm³/mol. The number of esters is 1. The van der Waals surface area contributed by atoms with E-state index in [1.807, 2.05) is 0 Å². The van der Waals surface area contributed by atoms with E-state index in [9.17, 15) is 18.0 Å². The molecule has 0 fully saturated rings. The van der Waals surface area contributed by atoms with Crippen LogP contribution in [0.25, 0.3) is 0 Å². The lowest BCUT2D eigenvalue weighted by Gasteiger charge is -2.02. The number of rotatable bonds is 2. The number of aliphatic hydroxyl groups is 1. The van der Waals surface area contributed by atoms with E-state index in [1.165, 1.54) is 6.07 Å². The van der Waals surface area contributed by atoms with Crippen molar-refractivity contribution in [3.63, 3.8) is 0 Å². The maximum Gasteiger partial charge on any atom is 0.448 e. The first kappa shape index (κ1) is 13.0. The molecule has 0 saturated carbocycles. The lowest BCUT2D eigenvalue weighted by atomic mass is 10.2. The minimum absolute atomic E-state index is 0.204. The van der Waals surface area contributed by atoms with Crippen molar-refractivity contribution in [1.29, 1.82) is 5.26 Å². The topological polar surface area (TPSA) is 70.3 Å². The van der Waals surface area contributed by atoms with Gasteiger partial charge in [-0.25, -0.2) is 4.79 Å². The van der Waals surface area contributed by atoms with Crippen molar-refractivity contribution in [2.75, 3.05) is 7.11 Å². The van der Waals surface area contributed by atoms with Gasteiger partial charge < -0.3 is 9.84 Å². The van der Waals surface area contributed by atoms with Crippen LogP contribution in [0.1, 0.15) is 0 Å². The highest BCUT2D eigenvalue weighted by molar-refractivity contribution is 5.92. The summed E-state index contributed by atoms with van der Waals surface area (Å²) >= 11 is 0. The van der Waals surface area contributed by atoms with Crippen LogP contribution in [0.3, 0.4) is 0 Å². The van der Waals surface area contributed by atoms with Gasteiger partial charge in [-0.1, -0.05) is 0 Å². The molecule has 7 heteroatoms. The van der Waals surface area contributed by atoms with Crippen LogP contribution in [-0.2, 0) is 9.53 Å². The fourth-order valence-corrected chi connectivity index (χ4v) is 0.518. The second-order valence-corrected chi connectivity index (χ2v) is 2.23. The molecule has 0 spiro atoms. The van der Waals surface area contributed by atoms with Crippen LogP contribution >= 0.6 is 0 Å². The van der Waals surface area contributed by atoms with Crippen molar-refractivity contribution in [2.45, 2.75) is 6.18 Å². The molecule has 0 radical (unpaired) electrons. The number of hydrogen-bond donors (Lipinski definition) is 1. The van der Waals surface area contributed by atoms with E-state index in [4.69, 9.17) is 10.4 Å². The molecule has 0 aliphatic carbocycles. The Bertz CT molecular complexity index is 349. The molecule has 82 valence electrons. The van der Waals surface area contributed by atoms with Crippen molar-refractivity contribution in [3.8, 4) is 6.07 Å². The van der Waals surface area contributed by atoms with Gasteiger partial charge in [0.2, 0.25) is 0 Å². The molecule has 1 N–H and O–H groups in total. The predicted octanol–water partition coefficient (Wildman–Crippen LogP) is 1.61. The zero-order valence-corrected chi connectivity index (χ0v) is 7.50. The number of halogens is 3. The van der Waals surface area contributed by atoms with Crippen LogP contribution < -0.4 is 0 Å². The number of nitrogens with zero attached hydrogens (tertiary/aromatic N) is 1. The summed E-state index contributed by atoms with van der Waals surface area (Å²) in [7, 11) is 0.973. The molecule has 0 aliphatic rings. The Labute approximate surface area is 82.9 Å². The van der Waals surface area contributed by atoms with Gasteiger partial charge in [-0.15, -0.1) is 0 Å². The summed E-state index contributed by atoms with van der Waals surface area (Å²) in [5.41, 5.74) is -0.645. The van der Waals surface area contributed by atoms with Gasteiger partial charge in [0.15, 0.2) is 5.76 Å². The van der Waals surface area contributed by atoms with Crippen LogP contribution in [0.15, 0.2) is 23.5 Å². The zero-order valence-electron chi connectivity index (χ0n) is 7.50. The minimum atomic E-state index is -4.91. The van der Waals surface area contributed by atoms with E-state index in [2.05, 4.69) is 4.74 Å². The molecule has 0 saturated heterocycles. The number of ether oxygens (including phenoxy) is 1.